The number of ether oxygens (including phenoxy) is 1. The van der Waals surface area contributed by atoms with Gasteiger partial charge in [0, 0.05) is 13.2 Å². The van der Waals surface area contributed by atoms with Gasteiger partial charge in [0.15, 0.2) is 0 Å². The highest BCUT2D eigenvalue weighted by molar-refractivity contribution is 4.83. The first-order valence-corrected chi connectivity index (χ1v) is 9.11. The summed E-state index contributed by atoms with van der Waals surface area (Å²) < 4.78 is 5.53. The number of rotatable bonds is 7. The highest BCUT2D eigenvalue weighted by Crippen LogP contribution is 2.40. The molecule has 1 aliphatic carbocycles. The average molecular weight is 281 g/mol. The fraction of sp³-hybridized carbons (Fsp3) is 1.00. The van der Waals surface area contributed by atoms with E-state index in [2.05, 4.69) is 19.2 Å². The van der Waals surface area contributed by atoms with E-state index in [0.717, 1.165) is 43.4 Å². The van der Waals surface area contributed by atoms with Crippen molar-refractivity contribution in [1.82, 2.24) is 5.32 Å². The second-order valence-corrected chi connectivity index (χ2v) is 7.09. The standard InChI is InChI=1S/C18H35NO/c1-3-5-15-6-7-17(14-19-4-2)18(12-15)13-16-8-10-20-11-9-16/h15-19H,3-14H2,1-2H3. The largest absolute Gasteiger partial charge is 0.381 e. The van der Waals surface area contributed by atoms with E-state index in [1.165, 1.54) is 57.9 Å². The van der Waals surface area contributed by atoms with Gasteiger partial charge in [0.1, 0.15) is 0 Å². The lowest BCUT2D eigenvalue weighted by atomic mass is 9.69. The monoisotopic (exact) mass is 281 g/mol. The lowest BCUT2D eigenvalue weighted by Crippen LogP contribution is -2.35. The van der Waals surface area contributed by atoms with Crippen molar-refractivity contribution in [3.8, 4) is 0 Å². The molecule has 1 saturated carbocycles. The van der Waals surface area contributed by atoms with E-state index in [1.807, 2.05) is 0 Å². The molecule has 2 aliphatic rings. The van der Waals surface area contributed by atoms with Crippen molar-refractivity contribution in [2.24, 2.45) is 23.7 Å². The Morgan fingerprint density at radius 1 is 0.950 bits per heavy atom. The van der Waals surface area contributed by atoms with E-state index in [4.69, 9.17) is 4.74 Å². The third-order valence-electron chi connectivity index (χ3n) is 5.58. The molecule has 0 spiro atoms. The van der Waals surface area contributed by atoms with Gasteiger partial charge in [0.2, 0.25) is 0 Å². The lowest BCUT2D eigenvalue weighted by Gasteiger charge is -2.39. The Hall–Kier alpha value is -0.0800. The van der Waals surface area contributed by atoms with Crippen LogP contribution in [-0.4, -0.2) is 26.3 Å². The van der Waals surface area contributed by atoms with Crippen molar-refractivity contribution >= 4 is 0 Å². The molecule has 1 N–H and O–H groups in total. The Morgan fingerprint density at radius 3 is 2.45 bits per heavy atom. The molecule has 2 fully saturated rings. The molecule has 1 saturated heterocycles. The summed E-state index contributed by atoms with van der Waals surface area (Å²) in [6.45, 7) is 8.97. The summed E-state index contributed by atoms with van der Waals surface area (Å²) in [4.78, 5) is 0. The Balaban J connectivity index is 1.86. The van der Waals surface area contributed by atoms with Crippen LogP contribution in [0.2, 0.25) is 0 Å². The van der Waals surface area contributed by atoms with Crippen LogP contribution in [-0.2, 0) is 4.74 Å². The normalized spacial score (nSPS) is 32.4. The van der Waals surface area contributed by atoms with E-state index in [0.29, 0.717) is 0 Å². The maximum absolute atomic E-state index is 5.53. The zero-order chi connectivity index (χ0) is 14.2. The number of hydrogen-bond donors (Lipinski definition) is 1. The second-order valence-electron chi connectivity index (χ2n) is 7.09. The van der Waals surface area contributed by atoms with Gasteiger partial charge in [-0.05, 0) is 68.9 Å². The first-order valence-electron chi connectivity index (χ1n) is 9.11. The van der Waals surface area contributed by atoms with Crippen molar-refractivity contribution in [1.29, 1.82) is 0 Å². The quantitative estimate of drug-likeness (QED) is 0.753. The molecule has 1 aliphatic heterocycles. The van der Waals surface area contributed by atoms with Crippen molar-refractivity contribution in [3.05, 3.63) is 0 Å². The maximum Gasteiger partial charge on any atom is 0.0468 e. The van der Waals surface area contributed by atoms with Crippen LogP contribution in [0, 0.1) is 23.7 Å². The van der Waals surface area contributed by atoms with Gasteiger partial charge in [-0.1, -0.05) is 33.1 Å². The highest BCUT2D eigenvalue weighted by atomic mass is 16.5. The molecule has 0 aromatic rings. The van der Waals surface area contributed by atoms with E-state index < -0.39 is 0 Å². The number of nitrogens with one attached hydrogen (secondary N) is 1. The van der Waals surface area contributed by atoms with Crippen molar-refractivity contribution in [2.45, 2.75) is 65.2 Å². The third kappa shape index (κ3) is 5.04. The van der Waals surface area contributed by atoms with Crippen molar-refractivity contribution in [3.63, 3.8) is 0 Å². The molecular weight excluding hydrogens is 246 g/mol. The minimum absolute atomic E-state index is 0.936. The van der Waals surface area contributed by atoms with Gasteiger partial charge in [-0.3, -0.25) is 0 Å². The van der Waals surface area contributed by atoms with Gasteiger partial charge >= 0.3 is 0 Å². The topological polar surface area (TPSA) is 21.3 Å². The van der Waals surface area contributed by atoms with Gasteiger partial charge in [0.05, 0.1) is 0 Å². The summed E-state index contributed by atoms with van der Waals surface area (Å²) in [7, 11) is 0. The molecule has 0 amide bonds. The smallest absolute Gasteiger partial charge is 0.0468 e. The molecular formula is C18H35NO. The van der Waals surface area contributed by atoms with Crippen LogP contribution in [0.15, 0.2) is 0 Å². The SMILES string of the molecule is CCCC1CCC(CNCC)C(CC2CCOCC2)C1. The molecule has 0 radical (unpaired) electrons. The van der Waals surface area contributed by atoms with Gasteiger partial charge in [-0.2, -0.15) is 0 Å². The lowest BCUT2D eigenvalue weighted by molar-refractivity contribution is 0.0459. The third-order valence-corrected chi connectivity index (χ3v) is 5.58. The molecule has 1 heterocycles. The summed E-state index contributed by atoms with van der Waals surface area (Å²) in [6.07, 6.45) is 11.4. The van der Waals surface area contributed by atoms with Crippen LogP contribution >= 0.6 is 0 Å². The van der Waals surface area contributed by atoms with Crippen molar-refractivity contribution in [2.75, 3.05) is 26.3 Å². The summed E-state index contributed by atoms with van der Waals surface area (Å²) in [5, 5.41) is 3.61. The zero-order valence-corrected chi connectivity index (χ0v) is 13.7. The Kier molecular flexibility index (Phi) is 7.37. The molecule has 0 aromatic carbocycles. The summed E-state index contributed by atoms with van der Waals surface area (Å²) >= 11 is 0. The van der Waals surface area contributed by atoms with E-state index >= 15 is 0 Å². The highest BCUT2D eigenvalue weighted by Gasteiger charge is 2.31. The summed E-state index contributed by atoms with van der Waals surface area (Å²) in [5.74, 6) is 3.87. The van der Waals surface area contributed by atoms with Crippen LogP contribution in [0.1, 0.15) is 65.2 Å². The number of hydrogen-bond acceptors (Lipinski definition) is 2. The first kappa shape index (κ1) is 16.3. The van der Waals surface area contributed by atoms with Gasteiger partial charge in [0.25, 0.3) is 0 Å². The van der Waals surface area contributed by atoms with Crippen LogP contribution < -0.4 is 5.32 Å². The van der Waals surface area contributed by atoms with Crippen LogP contribution in [0.25, 0.3) is 0 Å². The Bertz CT molecular complexity index is 250. The predicted molar refractivity (Wildman–Crippen MR) is 85.9 cm³/mol. The molecule has 2 rings (SSSR count). The average Bonchev–Trinajstić information content (AvgIpc) is 2.48. The second kappa shape index (κ2) is 9.04. The fourth-order valence-electron chi connectivity index (χ4n) is 4.39. The Labute approximate surface area is 126 Å². The summed E-state index contributed by atoms with van der Waals surface area (Å²) in [6, 6.07) is 0. The molecule has 20 heavy (non-hydrogen) atoms. The minimum Gasteiger partial charge on any atom is -0.381 e. The molecule has 3 atom stereocenters. The first-order chi connectivity index (χ1) is 9.83. The fourth-order valence-corrected chi connectivity index (χ4v) is 4.39. The molecule has 118 valence electrons. The van der Waals surface area contributed by atoms with E-state index in [-0.39, 0.29) is 0 Å². The van der Waals surface area contributed by atoms with Crippen LogP contribution in [0.3, 0.4) is 0 Å². The maximum atomic E-state index is 5.53. The van der Waals surface area contributed by atoms with Crippen molar-refractivity contribution < 1.29 is 4.74 Å². The summed E-state index contributed by atoms with van der Waals surface area (Å²) in [5.41, 5.74) is 0. The molecule has 3 unspecified atom stereocenters. The van der Waals surface area contributed by atoms with E-state index in [9.17, 15) is 0 Å². The Morgan fingerprint density at radius 2 is 1.75 bits per heavy atom. The molecule has 2 heteroatoms. The molecule has 2 nitrogen and oxygen atoms in total. The zero-order valence-electron chi connectivity index (χ0n) is 13.7. The van der Waals surface area contributed by atoms with Gasteiger partial charge in [-0.15, -0.1) is 0 Å². The molecule has 0 bridgehead atoms. The molecule has 0 aromatic heterocycles. The van der Waals surface area contributed by atoms with E-state index in [1.54, 1.807) is 0 Å². The van der Waals surface area contributed by atoms with Gasteiger partial charge in [-0.25, -0.2) is 0 Å². The van der Waals surface area contributed by atoms with Crippen LogP contribution in [0.4, 0.5) is 0 Å². The minimum atomic E-state index is 0.936. The van der Waals surface area contributed by atoms with Gasteiger partial charge < -0.3 is 10.1 Å². The predicted octanol–water partition coefficient (Wildman–Crippen LogP) is 4.25. The van der Waals surface area contributed by atoms with Crippen LogP contribution in [0.5, 0.6) is 0 Å².